The Labute approximate surface area is 99.3 Å². The molecule has 1 saturated carbocycles. The zero-order chi connectivity index (χ0) is 12.0. The number of fused-ring (bicyclic) bond motifs is 1. The minimum atomic E-state index is -0.525. The molecule has 16 heavy (non-hydrogen) atoms. The first-order valence-electron chi connectivity index (χ1n) is 6.41. The van der Waals surface area contributed by atoms with Crippen molar-refractivity contribution in [2.75, 3.05) is 0 Å². The Morgan fingerprint density at radius 1 is 1.44 bits per heavy atom. The molecule has 0 aromatic rings. The summed E-state index contributed by atoms with van der Waals surface area (Å²) in [5.41, 5.74) is 1.29. The number of hydrogen-bond acceptors (Lipinski definition) is 1. The third-order valence-electron chi connectivity index (χ3n) is 4.73. The number of rotatable bonds is 1. The van der Waals surface area contributed by atoms with E-state index < -0.39 is 5.60 Å². The number of allylic oxidation sites excluding steroid dienone is 4. The first-order chi connectivity index (χ1) is 7.33. The summed E-state index contributed by atoms with van der Waals surface area (Å²) in [5, 5.41) is 10.2. The average molecular weight is 220 g/mol. The van der Waals surface area contributed by atoms with Gasteiger partial charge in [-0.3, -0.25) is 0 Å². The van der Waals surface area contributed by atoms with Crippen LogP contribution in [0.4, 0.5) is 0 Å². The van der Waals surface area contributed by atoms with Crippen molar-refractivity contribution >= 4 is 0 Å². The molecule has 0 bridgehead atoms. The Kier molecular flexibility index (Phi) is 2.78. The summed E-state index contributed by atoms with van der Waals surface area (Å²) in [7, 11) is 0. The van der Waals surface area contributed by atoms with Crippen LogP contribution in [-0.4, -0.2) is 10.7 Å². The van der Waals surface area contributed by atoms with Crippen molar-refractivity contribution < 1.29 is 5.11 Å². The highest BCUT2D eigenvalue weighted by Crippen LogP contribution is 2.51. The van der Waals surface area contributed by atoms with Gasteiger partial charge in [-0.25, -0.2) is 0 Å². The first-order valence-corrected chi connectivity index (χ1v) is 6.41. The van der Waals surface area contributed by atoms with Crippen molar-refractivity contribution in [2.24, 2.45) is 17.3 Å². The monoisotopic (exact) mass is 220 g/mol. The molecule has 1 N–H and O–H groups in total. The van der Waals surface area contributed by atoms with Gasteiger partial charge in [-0.05, 0) is 57.3 Å². The first kappa shape index (κ1) is 11.9. The van der Waals surface area contributed by atoms with Crippen molar-refractivity contribution in [3.63, 3.8) is 0 Å². The molecule has 0 amide bonds. The van der Waals surface area contributed by atoms with Gasteiger partial charge in [0, 0.05) is 0 Å². The third kappa shape index (κ3) is 1.98. The van der Waals surface area contributed by atoms with E-state index in [-0.39, 0.29) is 0 Å². The minimum Gasteiger partial charge on any atom is -0.390 e. The Balaban J connectivity index is 2.21. The maximum Gasteiger partial charge on any atom is 0.0620 e. The molecule has 0 heterocycles. The fourth-order valence-electron chi connectivity index (χ4n) is 3.41. The molecule has 90 valence electrons. The van der Waals surface area contributed by atoms with Crippen molar-refractivity contribution in [1.29, 1.82) is 0 Å². The molecule has 2 aliphatic carbocycles. The van der Waals surface area contributed by atoms with Crippen LogP contribution >= 0.6 is 0 Å². The van der Waals surface area contributed by atoms with Gasteiger partial charge in [0.15, 0.2) is 0 Å². The second-order valence-electron chi connectivity index (χ2n) is 6.45. The smallest absolute Gasteiger partial charge is 0.0620 e. The Morgan fingerprint density at radius 2 is 2.12 bits per heavy atom. The van der Waals surface area contributed by atoms with Crippen molar-refractivity contribution in [1.82, 2.24) is 0 Å². The summed E-state index contributed by atoms with van der Waals surface area (Å²) >= 11 is 0. The summed E-state index contributed by atoms with van der Waals surface area (Å²) in [5.74, 6) is 1.07. The van der Waals surface area contributed by atoms with E-state index in [1.165, 1.54) is 12.0 Å². The Morgan fingerprint density at radius 3 is 2.75 bits per heavy atom. The Hall–Kier alpha value is -0.560. The van der Waals surface area contributed by atoms with Crippen LogP contribution in [0.2, 0.25) is 0 Å². The van der Waals surface area contributed by atoms with Crippen LogP contribution in [0.25, 0.3) is 0 Å². The van der Waals surface area contributed by atoms with Gasteiger partial charge in [0.05, 0.1) is 5.60 Å². The maximum atomic E-state index is 10.2. The van der Waals surface area contributed by atoms with Crippen LogP contribution in [0.1, 0.15) is 47.0 Å². The quantitative estimate of drug-likeness (QED) is 0.714. The molecule has 0 spiro atoms. The lowest BCUT2D eigenvalue weighted by atomic mass is 9.58. The van der Waals surface area contributed by atoms with Crippen LogP contribution in [0.15, 0.2) is 23.8 Å². The molecule has 1 heteroatoms. The van der Waals surface area contributed by atoms with Gasteiger partial charge in [-0.2, -0.15) is 0 Å². The minimum absolute atomic E-state index is 0.334. The van der Waals surface area contributed by atoms with Gasteiger partial charge in [0.25, 0.3) is 0 Å². The lowest BCUT2D eigenvalue weighted by Gasteiger charge is -2.47. The average Bonchev–Trinajstić information content (AvgIpc) is 2.15. The topological polar surface area (TPSA) is 20.2 Å². The molecule has 2 aliphatic rings. The van der Waals surface area contributed by atoms with E-state index >= 15 is 0 Å². The fourth-order valence-corrected chi connectivity index (χ4v) is 3.41. The van der Waals surface area contributed by atoms with Crippen LogP contribution in [0, 0.1) is 17.3 Å². The molecule has 0 unspecified atom stereocenters. The summed E-state index contributed by atoms with van der Waals surface area (Å²) in [6, 6.07) is 0. The van der Waals surface area contributed by atoms with Crippen LogP contribution < -0.4 is 0 Å². The highest BCUT2D eigenvalue weighted by Gasteiger charge is 2.43. The molecule has 1 nitrogen and oxygen atoms in total. The third-order valence-corrected chi connectivity index (χ3v) is 4.73. The normalized spacial score (nSPS) is 39.2. The van der Waals surface area contributed by atoms with Gasteiger partial charge in [0.1, 0.15) is 0 Å². The van der Waals surface area contributed by atoms with Crippen LogP contribution in [-0.2, 0) is 0 Å². The summed E-state index contributed by atoms with van der Waals surface area (Å²) < 4.78 is 0. The maximum absolute atomic E-state index is 10.2. The van der Waals surface area contributed by atoms with E-state index in [1.807, 2.05) is 13.8 Å². The van der Waals surface area contributed by atoms with E-state index in [0.29, 0.717) is 17.3 Å². The molecule has 1 fully saturated rings. The van der Waals surface area contributed by atoms with Gasteiger partial charge in [-0.15, -0.1) is 0 Å². The van der Waals surface area contributed by atoms with E-state index in [4.69, 9.17) is 0 Å². The van der Waals surface area contributed by atoms with Crippen LogP contribution in [0.5, 0.6) is 0 Å². The second kappa shape index (κ2) is 3.73. The highest BCUT2D eigenvalue weighted by molar-refractivity contribution is 5.26. The lowest BCUT2D eigenvalue weighted by Crippen LogP contribution is -2.42. The van der Waals surface area contributed by atoms with Crippen LogP contribution in [0.3, 0.4) is 0 Å². The zero-order valence-electron chi connectivity index (χ0n) is 11.0. The Bertz CT molecular complexity index is 332. The highest BCUT2D eigenvalue weighted by atomic mass is 16.3. The lowest BCUT2D eigenvalue weighted by molar-refractivity contribution is -0.0249. The standard InChI is InChI=1S/C15H24O/c1-11-6-5-8-15(4)9-7-12(10-13(11)15)14(2,3)16/h5-6,8,12-13,16H,7,9-10H2,1-4H3/t12-,13+,15+/m1/s1. The fraction of sp³-hybridized carbons (Fsp3) is 0.733. The van der Waals surface area contributed by atoms with E-state index in [1.54, 1.807) is 0 Å². The van der Waals surface area contributed by atoms with Gasteiger partial charge >= 0.3 is 0 Å². The molecule has 0 aromatic heterocycles. The van der Waals surface area contributed by atoms with E-state index in [2.05, 4.69) is 32.1 Å². The van der Waals surface area contributed by atoms with Gasteiger partial charge in [-0.1, -0.05) is 30.7 Å². The predicted octanol–water partition coefficient (Wildman–Crippen LogP) is 3.70. The summed E-state index contributed by atoms with van der Waals surface area (Å²) in [6.07, 6.45) is 10.3. The predicted molar refractivity (Wildman–Crippen MR) is 68.1 cm³/mol. The van der Waals surface area contributed by atoms with Crippen molar-refractivity contribution in [3.05, 3.63) is 23.8 Å². The van der Waals surface area contributed by atoms with Gasteiger partial charge in [0.2, 0.25) is 0 Å². The molecule has 3 atom stereocenters. The zero-order valence-corrected chi connectivity index (χ0v) is 11.0. The van der Waals surface area contributed by atoms with E-state index in [9.17, 15) is 5.11 Å². The molecule has 2 rings (SSSR count). The summed E-state index contributed by atoms with van der Waals surface area (Å²) in [6.45, 7) is 8.51. The molecular formula is C15H24O. The van der Waals surface area contributed by atoms with E-state index in [0.717, 1.165) is 12.8 Å². The number of hydrogen-bond donors (Lipinski definition) is 1. The van der Waals surface area contributed by atoms with Crippen molar-refractivity contribution in [2.45, 2.75) is 52.6 Å². The molecule has 0 saturated heterocycles. The summed E-state index contributed by atoms with van der Waals surface area (Å²) in [4.78, 5) is 0. The SMILES string of the molecule is CC1=CC=C[C@@]2(C)CC[C@@H](C(C)(C)O)C[C@@H]12. The molecular weight excluding hydrogens is 196 g/mol. The van der Waals surface area contributed by atoms with Gasteiger partial charge < -0.3 is 5.11 Å². The molecule has 0 radical (unpaired) electrons. The van der Waals surface area contributed by atoms with Crippen molar-refractivity contribution in [3.8, 4) is 0 Å². The largest absolute Gasteiger partial charge is 0.390 e. The molecule has 0 aliphatic heterocycles. The number of aliphatic hydroxyl groups is 1. The molecule has 0 aromatic carbocycles. The second-order valence-corrected chi connectivity index (χ2v) is 6.45.